The SMILES string of the molecule is CC(C)(CO)[C@@H](c1cc([N+](=O)[O-])cc(Br)c1O)N1CCNCC1.Cl. The summed E-state index contributed by atoms with van der Waals surface area (Å²) in [5, 5.41) is 34.7. The van der Waals surface area contributed by atoms with E-state index in [4.69, 9.17) is 0 Å². The lowest BCUT2D eigenvalue weighted by molar-refractivity contribution is -0.385. The molecule has 1 aliphatic heterocycles. The molecule has 0 unspecified atom stereocenters. The Bertz CT molecular complexity index is 594. The summed E-state index contributed by atoms with van der Waals surface area (Å²) in [6, 6.07) is 2.37. The van der Waals surface area contributed by atoms with Gasteiger partial charge in [0, 0.05) is 61.9 Å². The molecule has 0 bridgehead atoms. The van der Waals surface area contributed by atoms with Crippen molar-refractivity contribution >= 4 is 34.0 Å². The second kappa shape index (κ2) is 8.44. The maximum Gasteiger partial charge on any atom is 0.271 e. The van der Waals surface area contributed by atoms with Crippen LogP contribution in [0.4, 0.5) is 5.69 Å². The molecule has 0 aliphatic carbocycles. The van der Waals surface area contributed by atoms with Crippen LogP contribution in [-0.4, -0.2) is 52.8 Å². The molecule has 1 aliphatic rings. The van der Waals surface area contributed by atoms with E-state index in [1.165, 1.54) is 12.1 Å². The molecule has 1 aromatic rings. The van der Waals surface area contributed by atoms with Crippen LogP contribution in [-0.2, 0) is 0 Å². The van der Waals surface area contributed by atoms with E-state index < -0.39 is 10.3 Å². The Morgan fingerprint density at radius 1 is 1.42 bits per heavy atom. The van der Waals surface area contributed by atoms with Crippen LogP contribution in [0.25, 0.3) is 0 Å². The van der Waals surface area contributed by atoms with Gasteiger partial charge in [-0.1, -0.05) is 13.8 Å². The Labute approximate surface area is 155 Å². The third-order valence-electron chi connectivity index (χ3n) is 4.25. The van der Waals surface area contributed by atoms with Gasteiger partial charge in [0.2, 0.25) is 0 Å². The average Bonchev–Trinajstić information content (AvgIpc) is 2.52. The molecule has 1 heterocycles. The number of nitro benzene ring substituents is 1. The summed E-state index contributed by atoms with van der Waals surface area (Å²) in [6.07, 6.45) is 0. The van der Waals surface area contributed by atoms with E-state index in [9.17, 15) is 20.3 Å². The Hall–Kier alpha value is -0.930. The maximum absolute atomic E-state index is 11.2. The molecule has 7 nitrogen and oxygen atoms in total. The van der Waals surface area contributed by atoms with Crippen LogP contribution >= 0.6 is 28.3 Å². The molecule has 1 aromatic carbocycles. The molecule has 1 saturated heterocycles. The van der Waals surface area contributed by atoms with E-state index in [2.05, 4.69) is 26.1 Å². The fraction of sp³-hybridized carbons (Fsp3) is 0.600. The van der Waals surface area contributed by atoms with Crippen molar-refractivity contribution in [1.82, 2.24) is 10.2 Å². The molecular weight excluding hydrogens is 402 g/mol. The molecule has 136 valence electrons. The lowest BCUT2D eigenvalue weighted by Crippen LogP contribution is -2.49. The number of hydrogen-bond donors (Lipinski definition) is 3. The number of halogens is 2. The van der Waals surface area contributed by atoms with Crippen LogP contribution < -0.4 is 5.32 Å². The first-order valence-electron chi connectivity index (χ1n) is 7.50. The smallest absolute Gasteiger partial charge is 0.271 e. The molecule has 0 saturated carbocycles. The summed E-state index contributed by atoms with van der Waals surface area (Å²) in [6.45, 7) is 6.78. The first-order valence-corrected chi connectivity index (χ1v) is 8.29. The number of aliphatic hydroxyl groups excluding tert-OH is 1. The summed E-state index contributed by atoms with van der Waals surface area (Å²) >= 11 is 3.20. The van der Waals surface area contributed by atoms with E-state index in [1.807, 2.05) is 13.8 Å². The lowest BCUT2D eigenvalue weighted by atomic mass is 9.79. The zero-order valence-electron chi connectivity index (χ0n) is 13.7. The van der Waals surface area contributed by atoms with E-state index in [-0.39, 0.29) is 41.0 Å². The minimum atomic E-state index is -0.566. The first-order chi connectivity index (χ1) is 10.8. The molecule has 3 N–H and O–H groups in total. The average molecular weight is 425 g/mol. The van der Waals surface area contributed by atoms with Crippen LogP contribution in [0.3, 0.4) is 0 Å². The largest absolute Gasteiger partial charge is 0.506 e. The van der Waals surface area contributed by atoms with Crippen molar-refractivity contribution in [3.8, 4) is 5.75 Å². The van der Waals surface area contributed by atoms with E-state index in [0.29, 0.717) is 5.56 Å². The van der Waals surface area contributed by atoms with Crippen LogP contribution in [0.1, 0.15) is 25.5 Å². The number of non-ortho nitro benzene ring substituents is 1. The molecule has 1 atom stereocenters. The van der Waals surface area contributed by atoms with Gasteiger partial charge < -0.3 is 15.5 Å². The third kappa shape index (κ3) is 4.37. The number of phenols is 1. The molecule has 2 rings (SSSR count). The molecule has 0 radical (unpaired) electrons. The van der Waals surface area contributed by atoms with Gasteiger partial charge in [-0.05, 0) is 15.9 Å². The molecule has 1 fully saturated rings. The maximum atomic E-state index is 11.2. The van der Waals surface area contributed by atoms with Crippen LogP contribution in [0, 0.1) is 15.5 Å². The van der Waals surface area contributed by atoms with Gasteiger partial charge in [0.25, 0.3) is 5.69 Å². The predicted molar refractivity (Wildman–Crippen MR) is 97.8 cm³/mol. The Morgan fingerprint density at radius 2 is 2.00 bits per heavy atom. The third-order valence-corrected chi connectivity index (χ3v) is 4.85. The van der Waals surface area contributed by atoms with Crippen molar-refractivity contribution < 1.29 is 15.1 Å². The van der Waals surface area contributed by atoms with Crippen molar-refractivity contribution in [2.24, 2.45) is 5.41 Å². The van der Waals surface area contributed by atoms with E-state index in [1.54, 1.807) is 0 Å². The normalized spacial score (nSPS) is 17.2. The van der Waals surface area contributed by atoms with Crippen molar-refractivity contribution in [3.63, 3.8) is 0 Å². The zero-order chi connectivity index (χ0) is 17.2. The first kappa shape index (κ1) is 21.1. The summed E-state index contributed by atoms with van der Waals surface area (Å²) < 4.78 is 0.288. The summed E-state index contributed by atoms with van der Waals surface area (Å²) in [7, 11) is 0. The lowest BCUT2D eigenvalue weighted by Gasteiger charge is -2.43. The highest BCUT2D eigenvalue weighted by Crippen LogP contribution is 2.45. The second-order valence-electron chi connectivity index (χ2n) is 6.46. The van der Waals surface area contributed by atoms with Crippen LogP contribution in [0.2, 0.25) is 0 Å². The predicted octanol–water partition coefficient (Wildman–Crippen LogP) is 2.45. The van der Waals surface area contributed by atoms with Gasteiger partial charge in [-0.25, -0.2) is 0 Å². The number of nitro groups is 1. The number of piperazine rings is 1. The van der Waals surface area contributed by atoms with E-state index in [0.717, 1.165) is 26.2 Å². The van der Waals surface area contributed by atoms with E-state index >= 15 is 0 Å². The van der Waals surface area contributed by atoms with Crippen molar-refractivity contribution in [1.29, 1.82) is 0 Å². The van der Waals surface area contributed by atoms with Crippen LogP contribution in [0.15, 0.2) is 16.6 Å². The van der Waals surface area contributed by atoms with Gasteiger partial charge >= 0.3 is 0 Å². The Balaban J connectivity index is 0.00000288. The standard InChI is InChI=1S/C15H22BrN3O4.ClH/c1-15(2,9-20)14(18-5-3-17-4-6-18)11-7-10(19(22)23)8-12(16)13(11)21;/h7-8,14,17,20-21H,3-6,9H2,1-2H3;1H/t14-;/m1./s1. The summed E-state index contributed by atoms with van der Waals surface area (Å²) in [5.74, 6) is -0.0133. The summed E-state index contributed by atoms with van der Waals surface area (Å²) in [5.41, 5.74) is -0.186. The van der Waals surface area contributed by atoms with Gasteiger partial charge in [0.15, 0.2) is 0 Å². The fourth-order valence-corrected chi connectivity index (χ4v) is 3.52. The number of phenolic OH excluding ortho intramolecular Hbond substituents is 1. The number of aromatic hydroxyl groups is 1. The quantitative estimate of drug-likeness (QED) is 0.496. The molecule has 9 heteroatoms. The highest BCUT2D eigenvalue weighted by molar-refractivity contribution is 9.10. The Morgan fingerprint density at radius 3 is 2.50 bits per heavy atom. The number of nitrogens with zero attached hydrogens (tertiary/aromatic N) is 2. The Kier molecular flexibility index (Phi) is 7.43. The molecule has 0 spiro atoms. The molecular formula is C15H23BrClN3O4. The zero-order valence-corrected chi connectivity index (χ0v) is 16.1. The van der Waals surface area contributed by atoms with Crippen LogP contribution in [0.5, 0.6) is 5.75 Å². The molecule has 24 heavy (non-hydrogen) atoms. The number of hydrogen-bond acceptors (Lipinski definition) is 6. The van der Waals surface area contributed by atoms with Gasteiger partial charge in [-0.2, -0.15) is 0 Å². The number of nitrogens with one attached hydrogen (secondary N) is 1. The minimum Gasteiger partial charge on any atom is -0.506 e. The highest BCUT2D eigenvalue weighted by atomic mass is 79.9. The number of rotatable bonds is 5. The minimum absolute atomic E-state index is 0. The highest BCUT2D eigenvalue weighted by Gasteiger charge is 2.38. The van der Waals surface area contributed by atoms with Crippen molar-refractivity contribution in [2.45, 2.75) is 19.9 Å². The topological polar surface area (TPSA) is 98.9 Å². The molecule has 0 aromatic heterocycles. The number of benzene rings is 1. The fourth-order valence-electron chi connectivity index (χ4n) is 3.06. The van der Waals surface area contributed by atoms with Crippen molar-refractivity contribution in [3.05, 3.63) is 32.3 Å². The van der Waals surface area contributed by atoms with Gasteiger partial charge in [-0.15, -0.1) is 12.4 Å². The van der Waals surface area contributed by atoms with Crippen molar-refractivity contribution in [2.75, 3.05) is 32.8 Å². The van der Waals surface area contributed by atoms with Gasteiger partial charge in [-0.3, -0.25) is 15.0 Å². The summed E-state index contributed by atoms with van der Waals surface area (Å²) in [4.78, 5) is 12.8. The van der Waals surface area contributed by atoms with Gasteiger partial charge in [0.05, 0.1) is 9.40 Å². The molecule has 0 amide bonds. The number of aliphatic hydroxyl groups is 1. The van der Waals surface area contributed by atoms with Gasteiger partial charge in [0.1, 0.15) is 5.75 Å². The second-order valence-corrected chi connectivity index (χ2v) is 7.31. The monoisotopic (exact) mass is 423 g/mol.